The molecule has 0 spiro atoms. The lowest BCUT2D eigenvalue weighted by molar-refractivity contribution is -0.131. The van der Waals surface area contributed by atoms with Crippen LogP contribution in [0.2, 0.25) is 0 Å². The second-order valence-corrected chi connectivity index (χ2v) is 7.75. The Hall–Kier alpha value is -4.13. The highest BCUT2D eigenvalue weighted by Gasteiger charge is 2.20. The lowest BCUT2D eigenvalue weighted by Crippen LogP contribution is -2.10. The number of rotatable bonds is 6. The summed E-state index contributed by atoms with van der Waals surface area (Å²) in [7, 11) is 0. The summed E-state index contributed by atoms with van der Waals surface area (Å²) in [6.45, 7) is 11.4. The molecule has 4 nitrogen and oxygen atoms in total. The molecule has 34 heavy (non-hydrogen) atoms. The lowest BCUT2D eigenvalue weighted by atomic mass is 9.95. The van der Waals surface area contributed by atoms with Crippen molar-refractivity contribution in [2.45, 2.75) is 20.8 Å². The van der Waals surface area contributed by atoms with Gasteiger partial charge in [0.2, 0.25) is 5.82 Å². The molecule has 0 aromatic heterocycles. The van der Waals surface area contributed by atoms with E-state index in [0.29, 0.717) is 22.3 Å². The van der Waals surface area contributed by atoms with Gasteiger partial charge in [-0.15, -0.1) is 0 Å². The van der Waals surface area contributed by atoms with E-state index in [1.807, 2.05) is 0 Å². The zero-order valence-electron chi connectivity index (χ0n) is 18.8. The second-order valence-electron chi connectivity index (χ2n) is 7.75. The summed E-state index contributed by atoms with van der Waals surface area (Å²) >= 11 is 0. The molecule has 0 aliphatic rings. The quantitative estimate of drug-likeness (QED) is 0.230. The molecule has 3 rings (SSSR count). The number of ether oxygens (including phenoxy) is 2. The Kier molecular flexibility index (Phi) is 7.05. The van der Waals surface area contributed by atoms with Crippen molar-refractivity contribution in [1.29, 1.82) is 0 Å². The van der Waals surface area contributed by atoms with Gasteiger partial charge in [0.05, 0.1) is 0 Å². The summed E-state index contributed by atoms with van der Waals surface area (Å²) in [6.07, 6.45) is 0. The molecule has 0 heterocycles. The molecule has 0 saturated heterocycles. The van der Waals surface area contributed by atoms with Gasteiger partial charge in [-0.3, -0.25) is 0 Å². The average molecular weight is 466 g/mol. The van der Waals surface area contributed by atoms with E-state index >= 15 is 0 Å². The molecule has 0 saturated carbocycles. The first kappa shape index (κ1) is 24.5. The van der Waals surface area contributed by atoms with E-state index in [-0.39, 0.29) is 22.5 Å². The molecule has 0 bridgehead atoms. The van der Waals surface area contributed by atoms with Gasteiger partial charge in [0.15, 0.2) is 23.1 Å². The summed E-state index contributed by atoms with van der Waals surface area (Å²) in [6, 6.07) is 11.5. The van der Waals surface area contributed by atoms with Crippen LogP contribution in [0.1, 0.15) is 19.4 Å². The van der Waals surface area contributed by atoms with Gasteiger partial charge >= 0.3 is 11.9 Å². The maximum Gasteiger partial charge on any atom is 0.338 e. The molecule has 0 N–H and O–H groups in total. The van der Waals surface area contributed by atoms with Crippen LogP contribution in [0.4, 0.5) is 13.2 Å². The predicted octanol–water partition coefficient (Wildman–Crippen LogP) is 6.71. The number of aryl methyl sites for hydroxylation is 1. The Balaban J connectivity index is 1.91. The fourth-order valence-electron chi connectivity index (χ4n) is 3.10. The Morgan fingerprint density at radius 1 is 0.706 bits per heavy atom. The van der Waals surface area contributed by atoms with Gasteiger partial charge in [-0.05, 0) is 67.3 Å². The second kappa shape index (κ2) is 9.79. The highest BCUT2D eigenvalue weighted by Crippen LogP contribution is 2.34. The van der Waals surface area contributed by atoms with Crippen LogP contribution in [0.3, 0.4) is 0 Å². The first-order valence-electron chi connectivity index (χ1n) is 10.1. The Morgan fingerprint density at radius 2 is 1.21 bits per heavy atom. The van der Waals surface area contributed by atoms with Gasteiger partial charge in [0.1, 0.15) is 0 Å². The van der Waals surface area contributed by atoms with Crippen molar-refractivity contribution >= 4 is 11.9 Å². The molecular formula is C27H21F3O4. The maximum absolute atomic E-state index is 14.8. The minimum absolute atomic E-state index is 0.0232. The van der Waals surface area contributed by atoms with E-state index in [1.54, 1.807) is 31.2 Å². The minimum Gasteiger partial charge on any atom is -0.420 e. The van der Waals surface area contributed by atoms with Crippen LogP contribution < -0.4 is 9.47 Å². The lowest BCUT2D eigenvalue weighted by Gasteiger charge is -2.13. The third-order valence-corrected chi connectivity index (χ3v) is 4.93. The maximum atomic E-state index is 14.8. The molecule has 0 aliphatic heterocycles. The third-order valence-electron chi connectivity index (χ3n) is 4.93. The van der Waals surface area contributed by atoms with E-state index in [4.69, 9.17) is 9.47 Å². The molecule has 0 amide bonds. The highest BCUT2D eigenvalue weighted by molar-refractivity contribution is 5.89. The Bertz CT molecular complexity index is 1340. The van der Waals surface area contributed by atoms with Gasteiger partial charge in [-0.2, -0.15) is 4.39 Å². The summed E-state index contributed by atoms with van der Waals surface area (Å²) in [4.78, 5) is 23.2. The minimum atomic E-state index is -1.29. The number of carbonyl (C=O) groups excluding carboxylic acids is 2. The monoisotopic (exact) mass is 466 g/mol. The van der Waals surface area contributed by atoms with Crippen molar-refractivity contribution in [1.82, 2.24) is 0 Å². The van der Waals surface area contributed by atoms with E-state index < -0.39 is 35.1 Å². The Labute approximate surface area is 194 Å². The number of hydrogen-bond donors (Lipinski definition) is 0. The van der Waals surface area contributed by atoms with Gasteiger partial charge in [0.25, 0.3) is 0 Å². The largest absolute Gasteiger partial charge is 0.420 e. The molecule has 3 aromatic carbocycles. The number of esters is 2. The van der Waals surface area contributed by atoms with Gasteiger partial charge < -0.3 is 9.47 Å². The summed E-state index contributed by atoms with van der Waals surface area (Å²) in [5.74, 6) is -5.56. The van der Waals surface area contributed by atoms with Crippen LogP contribution >= 0.6 is 0 Å². The Morgan fingerprint density at radius 3 is 1.76 bits per heavy atom. The van der Waals surface area contributed by atoms with E-state index in [2.05, 4.69) is 13.2 Å². The SMILES string of the molecule is C=C(C)C(=O)Oc1ccc(-c2ccc(-c3ccc(OC(=O)C(=C)C)c(F)c3F)c(C)c2)cc1F. The molecule has 0 atom stereocenters. The number of benzene rings is 3. The molecule has 0 aliphatic carbocycles. The van der Waals surface area contributed by atoms with Crippen LogP contribution in [0, 0.1) is 24.4 Å². The smallest absolute Gasteiger partial charge is 0.338 e. The molecule has 3 aromatic rings. The zero-order valence-corrected chi connectivity index (χ0v) is 18.8. The third kappa shape index (κ3) is 5.09. The summed E-state index contributed by atoms with van der Waals surface area (Å²) < 4.78 is 53.5. The van der Waals surface area contributed by atoms with Crippen LogP contribution in [0.5, 0.6) is 11.5 Å². The molecule has 0 unspecified atom stereocenters. The van der Waals surface area contributed by atoms with Crippen LogP contribution in [-0.4, -0.2) is 11.9 Å². The van der Waals surface area contributed by atoms with Gasteiger partial charge in [0, 0.05) is 16.7 Å². The summed E-state index contributed by atoms with van der Waals surface area (Å²) in [5, 5.41) is 0. The van der Waals surface area contributed by atoms with Crippen molar-refractivity contribution in [3.05, 3.63) is 95.9 Å². The molecule has 7 heteroatoms. The average Bonchev–Trinajstić information content (AvgIpc) is 2.78. The van der Waals surface area contributed by atoms with Crippen molar-refractivity contribution in [2.24, 2.45) is 0 Å². The van der Waals surface area contributed by atoms with E-state index in [9.17, 15) is 22.8 Å². The van der Waals surface area contributed by atoms with E-state index in [0.717, 1.165) is 0 Å². The van der Waals surface area contributed by atoms with Crippen molar-refractivity contribution in [2.75, 3.05) is 0 Å². The first-order valence-corrected chi connectivity index (χ1v) is 10.1. The fraction of sp³-hybridized carbons (Fsp3) is 0.111. The normalized spacial score (nSPS) is 10.5. The highest BCUT2D eigenvalue weighted by atomic mass is 19.2. The van der Waals surface area contributed by atoms with Crippen molar-refractivity contribution in [3.63, 3.8) is 0 Å². The number of carbonyl (C=O) groups is 2. The number of halogens is 3. The molecule has 174 valence electrons. The van der Waals surface area contributed by atoms with Crippen LogP contribution in [0.25, 0.3) is 22.3 Å². The summed E-state index contributed by atoms with van der Waals surface area (Å²) in [5.41, 5.74) is 2.28. The standard InChI is InChI=1S/C27H21F3O4/c1-14(2)26(31)33-22-10-7-18(13-21(22)28)17-6-8-19(16(5)12-17)20-9-11-23(25(30)24(20)29)34-27(32)15(3)4/h6-13H,1,3H2,2,4-5H3. The molecule has 0 fully saturated rings. The first-order chi connectivity index (χ1) is 16.0. The van der Waals surface area contributed by atoms with Gasteiger partial charge in [-0.1, -0.05) is 37.4 Å². The number of hydrogen-bond acceptors (Lipinski definition) is 4. The van der Waals surface area contributed by atoms with Crippen molar-refractivity contribution in [3.8, 4) is 33.8 Å². The van der Waals surface area contributed by atoms with E-state index in [1.165, 1.54) is 38.1 Å². The van der Waals surface area contributed by atoms with Crippen LogP contribution in [-0.2, 0) is 9.59 Å². The fourth-order valence-corrected chi connectivity index (χ4v) is 3.10. The zero-order chi connectivity index (χ0) is 25.2. The van der Waals surface area contributed by atoms with Gasteiger partial charge in [-0.25, -0.2) is 18.4 Å². The van der Waals surface area contributed by atoms with Crippen LogP contribution in [0.15, 0.2) is 72.8 Å². The topological polar surface area (TPSA) is 52.6 Å². The predicted molar refractivity (Wildman–Crippen MR) is 123 cm³/mol. The van der Waals surface area contributed by atoms with Crippen molar-refractivity contribution < 1.29 is 32.2 Å². The molecular weight excluding hydrogens is 445 g/mol. The molecule has 0 radical (unpaired) electrons.